The van der Waals surface area contributed by atoms with Crippen LogP contribution in [0.5, 0.6) is 0 Å². The fourth-order valence-corrected chi connectivity index (χ4v) is 1.86. The lowest BCUT2D eigenvalue weighted by atomic mass is 9.83. The average molecular weight is 266 g/mol. The van der Waals surface area contributed by atoms with Crippen LogP contribution in [-0.2, 0) is 25.5 Å². The molecule has 0 amide bonds. The first kappa shape index (κ1) is 15.2. The summed E-state index contributed by atoms with van der Waals surface area (Å²) in [5.41, 5.74) is -1.21. The molecular weight excluding hydrogens is 248 g/mol. The Morgan fingerprint density at radius 2 is 1.79 bits per heavy atom. The van der Waals surface area contributed by atoms with Crippen LogP contribution in [0.2, 0.25) is 0 Å². The zero-order chi connectivity index (χ0) is 14.5. The van der Waals surface area contributed by atoms with Gasteiger partial charge in [0.05, 0.1) is 20.1 Å². The highest BCUT2D eigenvalue weighted by atomic mass is 16.5. The van der Waals surface area contributed by atoms with E-state index in [0.29, 0.717) is 0 Å². The van der Waals surface area contributed by atoms with E-state index in [-0.39, 0.29) is 6.42 Å². The molecule has 0 aromatic heterocycles. The van der Waals surface area contributed by atoms with E-state index in [1.807, 2.05) is 6.07 Å². The molecule has 0 aliphatic heterocycles. The van der Waals surface area contributed by atoms with E-state index in [1.54, 1.807) is 24.3 Å². The standard InChI is InChI=1S/C14H18O5/c1-10(12(15)18-2)14(17,13(16)19-3)9-11-7-5-4-6-8-11/h4-8,10,17H,9H2,1-3H3. The largest absolute Gasteiger partial charge is 0.469 e. The Morgan fingerprint density at radius 3 is 2.26 bits per heavy atom. The van der Waals surface area contributed by atoms with Crippen molar-refractivity contribution < 1.29 is 24.2 Å². The summed E-state index contributed by atoms with van der Waals surface area (Å²) in [6.45, 7) is 1.44. The molecule has 1 N–H and O–H groups in total. The van der Waals surface area contributed by atoms with Crippen molar-refractivity contribution in [3.05, 3.63) is 35.9 Å². The Hall–Kier alpha value is -1.88. The first-order valence-corrected chi connectivity index (χ1v) is 5.88. The molecule has 0 saturated carbocycles. The van der Waals surface area contributed by atoms with Gasteiger partial charge in [0.25, 0.3) is 0 Å². The summed E-state index contributed by atoms with van der Waals surface area (Å²) in [4.78, 5) is 23.4. The summed E-state index contributed by atoms with van der Waals surface area (Å²) in [6.07, 6.45) is -0.0171. The van der Waals surface area contributed by atoms with Crippen molar-refractivity contribution in [1.82, 2.24) is 0 Å². The van der Waals surface area contributed by atoms with Gasteiger partial charge in [-0.1, -0.05) is 30.3 Å². The highest BCUT2D eigenvalue weighted by Crippen LogP contribution is 2.25. The van der Waals surface area contributed by atoms with Crippen molar-refractivity contribution in [1.29, 1.82) is 0 Å². The number of ether oxygens (including phenoxy) is 2. The number of carbonyl (C=O) groups excluding carboxylic acids is 2. The summed E-state index contributed by atoms with van der Waals surface area (Å²) < 4.78 is 9.19. The van der Waals surface area contributed by atoms with Crippen LogP contribution < -0.4 is 0 Å². The number of hydrogen-bond acceptors (Lipinski definition) is 5. The molecule has 1 aromatic rings. The summed E-state index contributed by atoms with van der Waals surface area (Å²) in [5.74, 6) is -2.54. The first-order chi connectivity index (χ1) is 8.95. The fraction of sp³-hybridized carbons (Fsp3) is 0.429. The van der Waals surface area contributed by atoms with Gasteiger partial charge >= 0.3 is 11.9 Å². The molecule has 0 aliphatic rings. The maximum atomic E-state index is 11.8. The van der Waals surface area contributed by atoms with E-state index >= 15 is 0 Å². The zero-order valence-corrected chi connectivity index (χ0v) is 11.3. The third-order valence-electron chi connectivity index (χ3n) is 3.13. The van der Waals surface area contributed by atoms with Crippen molar-refractivity contribution >= 4 is 11.9 Å². The summed E-state index contributed by atoms with van der Waals surface area (Å²) in [5, 5.41) is 10.5. The number of hydrogen-bond donors (Lipinski definition) is 1. The van der Waals surface area contributed by atoms with E-state index in [1.165, 1.54) is 21.1 Å². The quantitative estimate of drug-likeness (QED) is 0.803. The third-order valence-corrected chi connectivity index (χ3v) is 3.13. The van der Waals surface area contributed by atoms with E-state index < -0.39 is 23.5 Å². The fourth-order valence-electron chi connectivity index (χ4n) is 1.86. The molecule has 19 heavy (non-hydrogen) atoms. The van der Waals surface area contributed by atoms with Gasteiger partial charge in [-0.3, -0.25) is 4.79 Å². The molecule has 0 heterocycles. The molecule has 5 heteroatoms. The van der Waals surface area contributed by atoms with Crippen molar-refractivity contribution in [3.8, 4) is 0 Å². The van der Waals surface area contributed by atoms with Crippen molar-refractivity contribution in [2.24, 2.45) is 5.92 Å². The topological polar surface area (TPSA) is 72.8 Å². The Morgan fingerprint density at radius 1 is 1.21 bits per heavy atom. The molecule has 0 bridgehead atoms. The molecule has 0 aliphatic carbocycles. The van der Waals surface area contributed by atoms with Gasteiger partial charge < -0.3 is 14.6 Å². The summed E-state index contributed by atoms with van der Waals surface area (Å²) >= 11 is 0. The SMILES string of the molecule is COC(=O)C(C)C(O)(Cc1ccccc1)C(=O)OC. The second-order valence-corrected chi connectivity index (χ2v) is 4.32. The predicted molar refractivity (Wildman–Crippen MR) is 68.3 cm³/mol. The molecule has 0 radical (unpaired) electrons. The van der Waals surface area contributed by atoms with Gasteiger partial charge in [0.15, 0.2) is 5.60 Å². The Balaban J connectivity index is 3.06. The van der Waals surface area contributed by atoms with Gasteiger partial charge in [0, 0.05) is 6.42 Å². The van der Waals surface area contributed by atoms with Crippen LogP contribution in [0.3, 0.4) is 0 Å². The highest BCUT2D eigenvalue weighted by Gasteiger charge is 2.47. The minimum absolute atomic E-state index is 0.0171. The van der Waals surface area contributed by atoms with Gasteiger partial charge in [0.2, 0.25) is 0 Å². The highest BCUT2D eigenvalue weighted by molar-refractivity contribution is 5.87. The number of rotatable bonds is 5. The van der Waals surface area contributed by atoms with Crippen LogP contribution in [-0.4, -0.2) is 36.9 Å². The van der Waals surface area contributed by atoms with Crippen molar-refractivity contribution in [3.63, 3.8) is 0 Å². The molecule has 1 aromatic carbocycles. The first-order valence-electron chi connectivity index (χ1n) is 5.88. The van der Waals surface area contributed by atoms with E-state index in [4.69, 9.17) is 0 Å². The second-order valence-electron chi connectivity index (χ2n) is 4.32. The van der Waals surface area contributed by atoms with Crippen LogP contribution >= 0.6 is 0 Å². The second kappa shape index (κ2) is 6.33. The molecule has 2 unspecified atom stereocenters. The van der Waals surface area contributed by atoms with Crippen molar-refractivity contribution in [2.45, 2.75) is 18.9 Å². The number of aliphatic hydroxyl groups is 1. The molecule has 0 saturated heterocycles. The van der Waals surface area contributed by atoms with E-state index in [0.717, 1.165) is 5.56 Å². The Labute approximate surface area is 112 Å². The van der Waals surface area contributed by atoms with Crippen LogP contribution in [0.25, 0.3) is 0 Å². The molecule has 104 valence electrons. The zero-order valence-electron chi connectivity index (χ0n) is 11.3. The average Bonchev–Trinajstić information content (AvgIpc) is 2.45. The lowest BCUT2D eigenvalue weighted by Gasteiger charge is -2.29. The van der Waals surface area contributed by atoms with Crippen LogP contribution in [0.4, 0.5) is 0 Å². The molecule has 1 rings (SSSR count). The molecule has 5 nitrogen and oxygen atoms in total. The number of carbonyl (C=O) groups is 2. The Bertz CT molecular complexity index is 442. The maximum Gasteiger partial charge on any atom is 0.339 e. The monoisotopic (exact) mass is 266 g/mol. The lowest BCUT2D eigenvalue weighted by molar-refractivity contribution is -0.177. The molecule has 0 spiro atoms. The van der Waals surface area contributed by atoms with Crippen molar-refractivity contribution in [2.75, 3.05) is 14.2 Å². The molecule has 2 atom stereocenters. The van der Waals surface area contributed by atoms with Gasteiger partial charge in [-0.25, -0.2) is 4.79 Å². The number of benzene rings is 1. The van der Waals surface area contributed by atoms with Gasteiger partial charge in [-0.2, -0.15) is 0 Å². The third kappa shape index (κ3) is 3.32. The number of methoxy groups -OCH3 is 2. The van der Waals surface area contributed by atoms with Crippen LogP contribution in [0.15, 0.2) is 30.3 Å². The van der Waals surface area contributed by atoms with Gasteiger partial charge in [0.1, 0.15) is 0 Å². The molecule has 0 fully saturated rings. The smallest absolute Gasteiger partial charge is 0.339 e. The van der Waals surface area contributed by atoms with Gasteiger partial charge in [-0.05, 0) is 12.5 Å². The summed E-state index contributed by atoms with van der Waals surface area (Å²) in [7, 11) is 2.38. The minimum Gasteiger partial charge on any atom is -0.469 e. The van der Waals surface area contributed by atoms with Crippen LogP contribution in [0, 0.1) is 5.92 Å². The van der Waals surface area contributed by atoms with E-state index in [2.05, 4.69) is 9.47 Å². The van der Waals surface area contributed by atoms with Gasteiger partial charge in [-0.15, -0.1) is 0 Å². The van der Waals surface area contributed by atoms with Crippen LogP contribution in [0.1, 0.15) is 12.5 Å². The predicted octanol–water partition coefficient (Wildman–Crippen LogP) is 0.942. The maximum absolute atomic E-state index is 11.8. The van der Waals surface area contributed by atoms with E-state index in [9.17, 15) is 14.7 Å². The molecular formula is C14H18O5. The lowest BCUT2D eigenvalue weighted by Crippen LogP contribution is -2.50. The normalized spacial score (nSPS) is 15.2. The summed E-state index contributed by atoms with van der Waals surface area (Å²) in [6, 6.07) is 8.92. The Kier molecular flexibility index (Phi) is 5.06. The number of esters is 2. The minimum atomic E-state index is -1.94.